The lowest BCUT2D eigenvalue weighted by Crippen LogP contribution is -2.19. The zero-order valence-corrected chi connectivity index (χ0v) is 19.0. The fraction of sp³-hybridized carbons (Fsp3) is 0.391. The van der Waals surface area contributed by atoms with Gasteiger partial charge in [0.15, 0.2) is 0 Å². The average Bonchev–Trinajstić information content (AvgIpc) is 3.16. The van der Waals surface area contributed by atoms with Crippen LogP contribution in [0.25, 0.3) is 0 Å². The first kappa shape index (κ1) is 22.2. The molecule has 2 aromatic rings. The Morgan fingerprint density at radius 3 is 2.63 bits per heavy atom. The number of rotatable bonds is 7. The van der Waals surface area contributed by atoms with Gasteiger partial charge in [-0.25, -0.2) is 0 Å². The second kappa shape index (κ2) is 9.51. The Morgan fingerprint density at radius 1 is 1.20 bits per heavy atom. The minimum Gasteiger partial charge on any atom is -0.508 e. The fourth-order valence-electron chi connectivity index (χ4n) is 3.65. The number of anilines is 1. The highest BCUT2D eigenvalue weighted by Gasteiger charge is 2.24. The van der Waals surface area contributed by atoms with E-state index in [1.165, 1.54) is 0 Å². The first-order valence-corrected chi connectivity index (χ1v) is 10.9. The monoisotopic (exact) mass is 475 g/mol. The third-order valence-electron chi connectivity index (χ3n) is 5.03. The van der Waals surface area contributed by atoms with Gasteiger partial charge in [0.25, 0.3) is 0 Å². The highest BCUT2D eigenvalue weighted by molar-refractivity contribution is 9.10. The number of phenols is 1. The molecule has 0 aliphatic heterocycles. The maximum Gasteiger partial charge on any atom is 0.315 e. The molecule has 1 amide bonds. The van der Waals surface area contributed by atoms with Crippen molar-refractivity contribution in [3.8, 4) is 17.2 Å². The van der Waals surface area contributed by atoms with Crippen molar-refractivity contribution in [2.45, 2.75) is 52.4 Å². The van der Waals surface area contributed by atoms with Crippen LogP contribution in [-0.2, 0) is 27.2 Å². The number of amides is 1. The van der Waals surface area contributed by atoms with Gasteiger partial charge in [-0.3, -0.25) is 9.59 Å². The predicted octanol–water partition coefficient (Wildman–Crippen LogP) is 5.45. The Balaban J connectivity index is 1.87. The van der Waals surface area contributed by atoms with Crippen LogP contribution < -0.4 is 10.1 Å². The molecule has 0 aromatic heterocycles. The summed E-state index contributed by atoms with van der Waals surface area (Å²) in [6.07, 6.45) is 2.29. The van der Waals surface area contributed by atoms with E-state index in [-0.39, 0.29) is 24.7 Å². The van der Waals surface area contributed by atoms with Gasteiger partial charge in [0.1, 0.15) is 23.7 Å². The number of ether oxygens (including phenoxy) is 2. The number of hydrogen-bond acceptors (Lipinski definition) is 5. The van der Waals surface area contributed by atoms with Crippen LogP contribution in [0.1, 0.15) is 56.2 Å². The van der Waals surface area contributed by atoms with Crippen LogP contribution >= 0.6 is 15.9 Å². The molecule has 0 fully saturated rings. The Bertz CT molecular complexity index is 971. The molecule has 7 heteroatoms. The summed E-state index contributed by atoms with van der Waals surface area (Å²) < 4.78 is 11.8. The molecule has 6 nitrogen and oxygen atoms in total. The van der Waals surface area contributed by atoms with E-state index in [2.05, 4.69) is 21.2 Å². The molecule has 2 N–H and O–H groups in total. The van der Waals surface area contributed by atoms with Gasteiger partial charge in [-0.05, 0) is 77.9 Å². The summed E-state index contributed by atoms with van der Waals surface area (Å²) in [6.45, 7) is 5.98. The maximum absolute atomic E-state index is 12.2. The molecule has 0 unspecified atom stereocenters. The molecule has 1 aliphatic rings. The van der Waals surface area contributed by atoms with Crippen molar-refractivity contribution in [3.05, 3.63) is 45.4 Å². The first-order chi connectivity index (χ1) is 14.3. The topological polar surface area (TPSA) is 84.9 Å². The molecule has 30 heavy (non-hydrogen) atoms. The second-order valence-corrected chi connectivity index (χ2v) is 8.41. The largest absolute Gasteiger partial charge is 0.508 e. The lowest BCUT2D eigenvalue weighted by atomic mass is 10.0. The number of carbonyl (C=O) groups excluding carboxylic acids is 2. The zero-order chi connectivity index (χ0) is 21.8. The van der Waals surface area contributed by atoms with E-state index in [4.69, 9.17) is 9.47 Å². The fourth-order valence-corrected chi connectivity index (χ4v) is 4.20. The summed E-state index contributed by atoms with van der Waals surface area (Å²) in [7, 11) is 0. The molecule has 0 radical (unpaired) electrons. The molecule has 0 bridgehead atoms. The van der Waals surface area contributed by atoms with Crippen molar-refractivity contribution >= 4 is 33.5 Å². The molecule has 0 saturated carbocycles. The standard InChI is InChI=1S/C23H26BrNO5/c1-4-29-22(28)12-21(27)25-19-11-18(24)23(16-7-5-6-15(16)19)30-14-8-9-20(26)17(10-14)13(2)3/h8-11,13,26H,4-7,12H2,1-3H3,(H,25,27). The van der Waals surface area contributed by atoms with Crippen LogP contribution in [0.3, 0.4) is 0 Å². The average molecular weight is 476 g/mol. The van der Waals surface area contributed by atoms with Crippen LogP contribution in [0.2, 0.25) is 0 Å². The molecular weight excluding hydrogens is 450 g/mol. The quantitative estimate of drug-likeness (QED) is 0.410. The zero-order valence-electron chi connectivity index (χ0n) is 17.4. The number of phenolic OH excluding ortho intramolecular Hbond substituents is 1. The van der Waals surface area contributed by atoms with Crippen LogP contribution in [0.5, 0.6) is 17.2 Å². The van der Waals surface area contributed by atoms with E-state index in [9.17, 15) is 14.7 Å². The van der Waals surface area contributed by atoms with Gasteiger partial charge in [-0.15, -0.1) is 0 Å². The SMILES string of the molecule is CCOC(=O)CC(=O)Nc1cc(Br)c(Oc2ccc(O)c(C(C)C)c2)c2c1CCC2. The number of halogens is 1. The summed E-state index contributed by atoms with van der Waals surface area (Å²) in [5.41, 5.74) is 3.57. The lowest BCUT2D eigenvalue weighted by molar-refractivity contribution is -0.145. The predicted molar refractivity (Wildman–Crippen MR) is 118 cm³/mol. The summed E-state index contributed by atoms with van der Waals surface area (Å²) in [5, 5.41) is 12.9. The van der Waals surface area contributed by atoms with Gasteiger partial charge < -0.3 is 19.9 Å². The number of fused-ring (bicyclic) bond motifs is 1. The minimum atomic E-state index is -0.543. The molecule has 1 aliphatic carbocycles. The van der Waals surface area contributed by atoms with Gasteiger partial charge in [-0.2, -0.15) is 0 Å². The Labute approximate surface area is 184 Å². The number of esters is 1. The highest BCUT2D eigenvalue weighted by Crippen LogP contribution is 2.44. The van der Waals surface area contributed by atoms with E-state index in [0.717, 1.165) is 36.0 Å². The molecule has 0 saturated heterocycles. The molecule has 3 rings (SSSR count). The Hall–Kier alpha value is -2.54. The normalized spacial score (nSPS) is 12.6. The van der Waals surface area contributed by atoms with Crippen molar-refractivity contribution in [2.75, 3.05) is 11.9 Å². The van der Waals surface area contributed by atoms with Crippen molar-refractivity contribution in [3.63, 3.8) is 0 Å². The van der Waals surface area contributed by atoms with Crippen molar-refractivity contribution in [2.24, 2.45) is 0 Å². The van der Waals surface area contributed by atoms with Crippen LogP contribution in [0, 0.1) is 0 Å². The molecule has 0 heterocycles. The minimum absolute atomic E-state index is 0.166. The van der Waals surface area contributed by atoms with Gasteiger partial charge >= 0.3 is 5.97 Å². The van der Waals surface area contributed by atoms with Crippen molar-refractivity contribution in [1.82, 2.24) is 0 Å². The van der Waals surface area contributed by atoms with Gasteiger partial charge in [0.05, 0.1) is 11.1 Å². The van der Waals surface area contributed by atoms with E-state index >= 15 is 0 Å². The second-order valence-electron chi connectivity index (χ2n) is 7.55. The summed E-state index contributed by atoms with van der Waals surface area (Å²) in [5.74, 6) is 0.833. The van der Waals surface area contributed by atoms with Gasteiger partial charge in [-0.1, -0.05) is 13.8 Å². The summed E-state index contributed by atoms with van der Waals surface area (Å²) in [4.78, 5) is 23.8. The summed E-state index contributed by atoms with van der Waals surface area (Å²) >= 11 is 3.57. The molecule has 0 spiro atoms. The van der Waals surface area contributed by atoms with E-state index in [1.54, 1.807) is 19.1 Å². The maximum atomic E-state index is 12.2. The van der Waals surface area contributed by atoms with Crippen molar-refractivity contribution in [1.29, 1.82) is 0 Å². The van der Waals surface area contributed by atoms with Crippen LogP contribution in [-0.4, -0.2) is 23.6 Å². The van der Waals surface area contributed by atoms with Gasteiger partial charge in [0, 0.05) is 16.8 Å². The highest BCUT2D eigenvalue weighted by atomic mass is 79.9. The number of benzene rings is 2. The van der Waals surface area contributed by atoms with Crippen molar-refractivity contribution < 1.29 is 24.2 Å². The number of carbonyl (C=O) groups is 2. The first-order valence-electron chi connectivity index (χ1n) is 10.1. The smallest absolute Gasteiger partial charge is 0.315 e. The third kappa shape index (κ3) is 4.95. The lowest BCUT2D eigenvalue weighted by Gasteiger charge is -2.18. The van der Waals surface area contributed by atoms with E-state index in [1.807, 2.05) is 26.0 Å². The number of hydrogen-bond donors (Lipinski definition) is 2. The number of aromatic hydroxyl groups is 1. The van der Waals surface area contributed by atoms with Crippen LogP contribution in [0.4, 0.5) is 5.69 Å². The van der Waals surface area contributed by atoms with Gasteiger partial charge in [0.2, 0.25) is 5.91 Å². The van der Waals surface area contributed by atoms with Crippen LogP contribution in [0.15, 0.2) is 28.7 Å². The third-order valence-corrected chi connectivity index (χ3v) is 5.62. The van der Waals surface area contributed by atoms with E-state index in [0.29, 0.717) is 21.7 Å². The molecule has 2 aromatic carbocycles. The molecule has 160 valence electrons. The Kier molecular flexibility index (Phi) is 7.02. The van der Waals surface area contributed by atoms with E-state index < -0.39 is 11.9 Å². The number of nitrogens with one attached hydrogen (secondary N) is 1. The molecular formula is C23H26BrNO5. The summed E-state index contributed by atoms with van der Waals surface area (Å²) in [6, 6.07) is 7.04. The molecule has 0 atom stereocenters. The Morgan fingerprint density at radius 2 is 1.93 bits per heavy atom.